The molecule has 3 nitrogen and oxygen atoms in total. The molecule has 0 unspecified atom stereocenters. The van der Waals surface area contributed by atoms with Crippen molar-refractivity contribution in [2.75, 3.05) is 0 Å². The zero-order valence-electron chi connectivity index (χ0n) is 13.6. The molecule has 23 heavy (non-hydrogen) atoms. The monoisotopic (exact) mass is 305 g/mol. The molecular formula is C20H23N3. The molecule has 1 aromatic heterocycles. The minimum atomic E-state index is 0.987. The van der Waals surface area contributed by atoms with Crippen LogP contribution in [0.25, 0.3) is 5.57 Å². The highest BCUT2D eigenvalue weighted by Gasteiger charge is 2.18. The van der Waals surface area contributed by atoms with Crippen molar-refractivity contribution in [2.24, 2.45) is 0 Å². The first-order valence-corrected chi connectivity index (χ1v) is 8.92. The summed E-state index contributed by atoms with van der Waals surface area (Å²) >= 11 is 0. The second-order valence-electron chi connectivity index (χ2n) is 6.75. The topological polar surface area (TPSA) is 38.7 Å². The van der Waals surface area contributed by atoms with Crippen molar-refractivity contribution in [2.45, 2.75) is 57.8 Å². The van der Waals surface area contributed by atoms with Gasteiger partial charge in [-0.3, -0.25) is 0 Å². The van der Waals surface area contributed by atoms with E-state index in [0.29, 0.717) is 0 Å². The van der Waals surface area contributed by atoms with Crippen LogP contribution in [-0.2, 0) is 19.3 Å². The summed E-state index contributed by atoms with van der Waals surface area (Å²) < 4.78 is 0. The van der Waals surface area contributed by atoms with Gasteiger partial charge in [0.05, 0.1) is 11.4 Å². The lowest BCUT2D eigenvalue weighted by Crippen LogP contribution is -2.01. The van der Waals surface area contributed by atoms with Crippen molar-refractivity contribution < 1.29 is 0 Å². The molecule has 2 aliphatic carbocycles. The van der Waals surface area contributed by atoms with Crippen molar-refractivity contribution in [1.29, 1.82) is 0 Å². The Morgan fingerprint density at radius 1 is 0.783 bits per heavy atom. The fourth-order valence-electron chi connectivity index (χ4n) is 3.71. The van der Waals surface area contributed by atoms with Crippen LogP contribution in [0.1, 0.15) is 66.6 Å². The van der Waals surface area contributed by atoms with Crippen molar-refractivity contribution in [3.63, 3.8) is 0 Å². The Bertz CT molecular complexity index is 733. The van der Waals surface area contributed by atoms with Crippen molar-refractivity contribution in [3.05, 3.63) is 58.4 Å². The molecule has 0 saturated heterocycles. The van der Waals surface area contributed by atoms with Gasteiger partial charge < -0.3 is 0 Å². The van der Waals surface area contributed by atoms with Crippen LogP contribution in [0.2, 0.25) is 0 Å². The lowest BCUT2D eigenvalue weighted by molar-refractivity contribution is 0.589. The maximum atomic E-state index is 4.31. The first-order valence-electron chi connectivity index (χ1n) is 8.92. The number of allylic oxidation sites excluding steroid dienone is 1. The van der Waals surface area contributed by atoms with Crippen LogP contribution in [0.4, 0.5) is 0 Å². The zero-order valence-corrected chi connectivity index (χ0v) is 13.6. The number of fused-ring (bicyclic) bond motifs is 4. The predicted octanol–water partition coefficient (Wildman–Crippen LogP) is 4.30. The molecule has 2 aromatic rings. The van der Waals surface area contributed by atoms with E-state index in [-0.39, 0.29) is 0 Å². The average Bonchev–Trinajstić information content (AvgIpc) is 3.00. The van der Waals surface area contributed by atoms with Crippen molar-refractivity contribution in [1.82, 2.24) is 15.4 Å². The summed E-state index contributed by atoms with van der Waals surface area (Å²) in [5.74, 6) is 0. The standard InChI is InChI=1S/C20H23N3/c1-2-4-6-8-17-14-20(22-23-21-17)18-12-11-16-10-9-15(7-5-3-1)13-19(16)18/h9-10,12-14H,1-8,11H2. The third-order valence-electron chi connectivity index (χ3n) is 5.04. The van der Waals surface area contributed by atoms with Gasteiger partial charge in [0, 0.05) is 5.57 Å². The first kappa shape index (κ1) is 14.6. The minimum absolute atomic E-state index is 0.987. The molecule has 0 spiro atoms. The third-order valence-corrected chi connectivity index (χ3v) is 5.04. The summed E-state index contributed by atoms with van der Waals surface area (Å²) in [7, 11) is 0. The average molecular weight is 305 g/mol. The van der Waals surface area contributed by atoms with Crippen molar-refractivity contribution in [3.8, 4) is 0 Å². The maximum Gasteiger partial charge on any atom is 0.0969 e. The zero-order chi connectivity index (χ0) is 15.5. The Hall–Kier alpha value is -2.03. The minimum Gasteiger partial charge on any atom is -0.135 e. The molecule has 0 amide bonds. The van der Waals surface area contributed by atoms with E-state index in [1.807, 2.05) is 0 Å². The van der Waals surface area contributed by atoms with Crippen molar-refractivity contribution >= 4 is 5.57 Å². The van der Waals surface area contributed by atoms with E-state index in [4.69, 9.17) is 0 Å². The Morgan fingerprint density at radius 3 is 2.52 bits per heavy atom. The second kappa shape index (κ2) is 6.61. The highest BCUT2D eigenvalue weighted by atomic mass is 15.3. The number of aryl methyl sites for hydroxylation is 2. The van der Waals surface area contributed by atoms with Crippen LogP contribution in [0.3, 0.4) is 0 Å². The van der Waals surface area contributed by atoms with E-state index in [2.05, 4.69) is 45.8 Å². The summed E-state index contributed by atoms with van der Waals surface area (Å²) in [4.78, 5) is 0. The molecular weight excluding hydrogens is 282 g/mol. The fourth-order valence-corrected chi connectivity index (χ4v) is 3.71. The van der Waals surface area contributed by atoms with E-state index >= 15 is 0 Å². The van der Waals surface area contributed by atoms with Crippen LogP contribution in [0, 0.1) is 0 Å². The molecule has 0 saturated carbocycles. The molecule has 1 aromatic carbocycles. The van der Waals surface area contributed by atoms with Gasteiger partial charge >= 0.3 is 0 Å². The molecule has 0 fully saturated rings. The van der Waals surface area contributed by atoms with Crippen LogP contribution < -0.4 is 0 Å². The Morgan fingerprint density at radius 2 is 1.61 bits per heavy atom. The van der Waals surface area contributed by atoms with Crippen LogP contribution in [-0.4, -0.2) is 15.4 Å². The van der Waals surface area contributed by atoms with Crippen LogP contribution in [0.15, 0.2) is 30.3 Å². The van der Waals surface area contributed by atoms with Gasteiger partial charge in [0.1, 0.15) is 0 Å². The quantitative estimate of drug-likeness (QED) is 0.728. The van der Waals surface area contributed by atoms with Crippen LogP contribution in [0.5, 0.6) is 0 Å². The Balaban J connectivity index is 1.71. The number of hydrogen-bond donors (Lipinski definition) is 0. The molecule has 0 N–H and O–H groups in total. The maximum absolute atomic E-state index is 4.31. The summed E-state index contributed by atoms with van der Waals surface area (Å²) in [5, 5.41) is 12.5. The predicted molar refractivity (Wildman–Crippen MR) is 92.2 cm³/mol. The molecule has 2 aliphatic rings. The smallest absolute Gasteiger partial charge is 0.0969 e. The van der Waals surface area contributed by atoms with Gasteiger partial charge in [0.15, 0.2) is 0 Å². The second-order valence-corrected chi connectivity index (χ2v) is 6.75. The first-order chi connectivity index (χ1) is 11.4. The molecule has 0 aliphatic heterocycles. The van der Waals surface area contributed by atoms with Gasteiger partial charge in [0.2, 0.25) is 0 Å². The highest BCUT2D eigenvalue weighted by Crippen LogP contribution is 2.33. The largest absolute Gasteiger partial charge is 0.135 e. The normalized spacial score (nSPS) is 18.0. The molecule has 0 atom stereocenters. The molecule has 3 heteroatoms. The molecule has 118 valence electrons. The van der Waals surface area contributed by atoms with Gasteiger partial charge in [-0.25, -0.2) is 0 Å². The lowest BCUT2D eigenvalue weighted by Gasteiger charge is -2.08. The molecule has 4 bridgehead atoms. The summed E-state index contributed by atoms with van der Waals surface area (Å²) in [6.45, 7) is 0. The molecule has 0 radical (unpaired) electrons. The summed E-state index contributed by atoms with van der Waals surface area (Å²) in [6.07, 6.45) is 13.3. The van der Waals surface area contributed by atoms with Gasteiger partial charge in [-0.15, -0.1) is 10.2 Å². The van der Waals surface area contributed by atoms with Gasteiger partial charge in [-0.2, -0.15) is 0 Å². The number of hydrogen-bond acceptors (Lipinski definition) is 3. The lowest BCUT2D eigenvalue weighted by atomic mass is 9.97. The number of rotatable bonds is 0. The highest BCUT2D eigenvalue weighted by molar-refractivity contribution is 5.83. The van der Waals surface area contributed by atoms with Gasteiger partial charge in [-0.05, 0) is 60.1 Å². The fraction of sp³-hybridized carbons (Fsp3) is 0.450. The summed E-state index contributed by atoms with van der Waals surface area (Å²) in [6, 6.07) is 9.11. The van der Waals surface area contributed by atoms with Crippen LogP contribution >= 0.6 is 0 Å². The molecule has 1 heterocycles. The van der Waals surface area contributed by atoms with Gasteiger partial charge in [0.25, 0.3) is 0 Å². The van der Waals surface area contributed by atoms with E-state index in [9.17, 15) is 0 Å². The van der Waals surface area contributed by atoms with Gasteiger partial charge in [-0.1, -0.05) is 50.0 Å². The Labute approximate surface area is 137 Å². The van der Waals surface area contributed by atoms with E-state index in [0.717, 1.165) is 24.2 Å². The molecule has 4 rings (SSSR count). The van der Waals surface area contributed by atoms with E-state index in [1.165, 1.54) is 67.2 Å². The SMILES string of the molecule is C1=C2c3cc(nnn3)CCCCCCCCc3ccc(c2c3)C1. The summed E-state index contributed by atoms with van der Waals surface area (Å²) in [5.41, 5.74) is 7.52. The number of benzene rings is 1. The van der Waals surface area contributed by atoms with E-state index in [1.54, 1.807) is 0 Å². The van der Waals surface area contributed by atoms with E-state index < -0.39 is 0 Å². The number of aromatic nitrogens is 3. The number of nitrogens with zero attached hydrogens (tertiary/aromatic N) is 3. The Kier molecular flexibility index (Phi) is 4.18. The third kappa shape index (κ3) is 3.19.